The third-order valence-electron chi connectivity index (χ3n) is 7.05. The second kappa shape index (κ2) is 21.7. The molecular formula is C38H54O8. The number of rotatable bonds is 24. The quantitative estimate of drug-likeness (QED) is 0.0986. The zero-order valence-corrected chi connectivity index (χ0v) is 28.5. The molecule has 0 aliphatic rings. The van der Waals surface area contributed by atoms with Crippen molar-refractivity contribution in [3.05, 3.63) is 94.5 Å². The predicted molar refractivity (Wildman–Crippen MR) is 181 cm³/mol. The van der Waals surface area contributed by atoms with Crippen LogP contribution in [0.25, 0.3) is 0 Å². The lowest BCUT2D eigenvalue weighted by Crippen LogP contribution is -2.15. The summed E-state index contributed by atoms with van der Waals surface area (Å²) < 4.78 is 46.0. The minimum absolute atomic E-state index is 0.0108. The van der Waals surface area contributed by atoms with Gasteiger partial charge in [0.05, 0.1) is 79.3 Å². The van der Waals surface area contributed by atoms with E-state index in [4.69, 9.17) is 37.9 Å². The van der Waals surface area contributed by atoms with E-state index in [2.05, 4.69) is 89.2 Å². The fraction of sp³-hybridized carbons (Fsp3) is 0.526. The SMILES string of the molecule is Cc1ccc(COCCOCCOCCOc2ccc(C(C)(C)C)cc2OCCOCCOCCOCc2ccc(C)cc2)cc1. The van der Waals surface area contributed by atoms with Gasteiger partial charge in [0.15, 0.2) is 11.5 Å². The van der Waals surface area contributed by atoms with Crippen molar-refractivity contribution in [1.29, 1.82) is 0 Å². The number of aryl methyl sites for hydroxylation is 2. The van der Waals surface area contributed by atoms with Crippen molar-refractivity contribution in [3.8, 4) is 11.5 Å². The predicted octanol–water partition coefficient (Wildman–Crippen LogP) is 6.86. The molecule has 0 amide bonds. The van der Waals surface area contributed by atoms with E-state index in [1.807, 2.05) is 12.1 Å². The van der Waals surface area contributed by atoms with Crippen molar-refractivity contribution in [2.75, 3.05) is 79.3 Å². The van der Waals surface area contributed by atoms with Crippen molar-refractivity contribution < 1.29 is 37.9 Å². The van der Waals surface area contributed by atoms with Gasteiger partial charge in [-0.05, 0) is 48.1 Å². The molecule has 0 aliphatic carbocycles. The zero-order valence-electron chi connectivity index (χ0n) is 28.5. The molecule has 0 bridgehead atoms. The van der Waals surface area contributed by atoms with Crippen LogP contribution in [0.3, 0.4) is 0 Å². The molecule has 0 radical (unpaired) electrons. The monoisotopic (exact) mass is 638 g/mol. The lowest BCUT2D eigenvalue weighted by molar-refractivity contribution is 0.00459. The third-order valence-corrected chi connectivity index (χ3v) is 7.05. The van der Waals surface area contributed by atoms with E-state index in [0.29, 0.717) is 104 Å². The number of hydrogen-bond donors (Lipinski definition) is 0. The Labute approximate surface area is 276 Å². The first-order chi connectivity index (χ1) is 22.3. The number of hydrogen-bond acceptors (Lipinski definition) is 8. The lowest BCUT2D eigenvalue weighted by atomic mass is 9.87. The van der Waals surface area contributed by atoms with Gasteiger partial charge in [-0.2, -0.15) is 0 Å². The Morgan fingerprint density at radius 2 is 0.783 bits per heavy atom. The van der Waals surface area contributed by atoms with Gasteiger partial charge in [0.1, 0.15) is 13.2 Å². The smallest absolute Gasteiger partial charge is 0.161 e. The van der Waals surface area contributed by atoms with E-state index < -0.39 is 0 Å². The molecule has 0 saturated heterocycles. The van der Waals surface area contributed by atoms with Crippen LogP contribution in [0.2, 0.25) is 0 Å². The van der Waals surface area contributed by atoms with E-state index in [1.165, 1.54) is 16.7 Å². The number of benzene rings is 3. The maximum atomic E-state index is 6.07. The van der Waals surface area contributed by atoms with Crippen LogP contribution in [0.1, 0.15) is 48.6 Å². The topological polar surface area (TPSA) is 73.8 Å². The van der Waals surface area contributed by atoms with Crippen molar-refractivity contribution >= 4 is 0 Å². The number of ether oxygens (including phenoxy) is 8. The normalized spacial score (nSPS) is 11.6. The Balaban J connectivity index is 1.22. The molecule has 0 atom stereocenters. The van der Waals surface area contributed by atoms with Gasteiger partial charge in [0.25, 0.3) is 0 Å². The summed E-state index contributed by atoms with van der Waals surface area (Å²) in [4.78, 5) is 0. The molecule has 0 spiro atoms. The minimum atomic E-state index is -0.0108. The van der Waals surface area contributed by atoms with Gasteiger partial charge in [-0.1, -0.05) is 86.5 Å². The van der Waals surface area contributed by atoms with Crippen molar-refractivity contribution in [2.24, 2.45) is 0 Å². The van der Waals surface area contributed by atoms with Crippen LogP contribution in [0.15, 0.2) is 66.7 Å². The molecule has 46 heavy (non-hydrogen) atoms. The molecule has 3 rings (SSSR count). The summed E-state index contributed by atoms with van der Waals surface area (Å²) in [6.45, 7) is 17.8. The van der Waals surface area contributed by atoms with E-state index in [1.54, 1.807) is 0 Å². The molecule has 8 heteroatoms. The Bertz CT molecular complexity index is 1200. The van der Waals surface area contributed by atoms with Crippen LogP contribution in [-0.4, -0.2) is 79.3 Å². The molecule has 3 aromatic rings. The van der Waals surface area contributed by atoms with Crippen molar-refractivity contribution in [2.45, 2.75) is 53.2 Å². The van der Waals surface area contributed by atoms with E-state index in [0.717, 1.165) is 11.1 Å². The second-order valence-electron chi connectivity index (χ2n) is 12.1. The molecule has 8 nitrogen and oxygen atoms in total. The summed E-state index contributed by atoms with van der Waals surface area (Å²) in [6, 6.07) is 22.8. The summed E-state index contributed by atoms with van der Waals surface area (Å²) in [5, 5.41) is 0. The van der Waals surface area contributed by atoms with Crippen LogP contribution >= 0.6 is 0 Å². The molecule has 3 aromatic carbocycles. The van der Waals surface area contributed by atoms with Gasteiger partial charge in [-0.3, -0.25) is 0 Å². The third kappa shape index (κ3) is 16.0. The molecular weight excluding hydrogens is 584 g/mol. The summed E-state index contributed by atoms with van der Waals surface area (Å²) in [7, 11) is 0. The van der Waals surface area contributed by atoms with Gasteiger partial charge in [0, 0.05) is 0 Å². The highest BCUT2D eigenvalue weighted by molar-refractivity contribution is 5.45. The Morgan fingerprint density at radius 3 is 1.20 bits per heavy atom. The largest absolute Gasteiger partial charge is 0.487 e. The highest BCUT2D eigenvalue weighted by Crippen LogP contribution is 2.33. The van der Waals surface area contributed by atoms with Gasteiger partial charge in [-0.15, -0.1) is 0 Å². The fourth-order valence-electron chi connectivity index (χ4n) is 4.26. The summed E-state index contributed by atoms with van der Waals surface area (Å²) in [5.74, 6) is 1.39. The molecule has 0 N–H and O–H groups in total. The Hall–Kier alpha value is -2.98. The molecule has 0 saturated carbocycles. The lowest BCUT2D eigenvalue weighted by Gasteiger charge is -2.21. The molecule has 0 fully saturated rings. The highest BCUT2D eigenvalue weighted by atomic mass is 16.6. The standard InChI is InChI=1S/C38H54O8/c1-31-6-10-33(11-7-31)29-43-22-20-39-16-18-41-24-26-45-36-15-14-35(38(3,4)5)28-37(36)46-27-25-42-19-17-40-21-23-44-30-34-12-8-32(2)9-13-34/h6-15,28H,16-27,29-30H2,1-5H3. The van der Waals surface area contributed by atoms with Crippen LogP contribution < -0.4 is 9.47 Å². The average Bonchev–Trinajstić information content (AvgIpc) is 3.04. The van der Waals surface area contributed by atoms with Crippen molar-refractivity contribution in [1.82, 2.24) is 0 Å². The maximum absolute atomic E-state index is 6.07. The first-order valence-corrected chi connectivity index (χ1v) is 16.3. The first kappa shape index (κ1) is 37.5. The van der Waals surface area contributed by atoms with E-state index >= 15 is 0 Å². The van der Waals surface area contributed by atoms with E-state index in [9.17, 15) is 0 Å². The summed E-state index contributed by atoms with van der Waals surface area (Å²) in [6.07, 6.45) is 0. The summed E-state index contributed by atoms with van der Waals surface area (Å²) in [5.41, 5.74) is 5.98. The van der Waals surface area contributed by atoms with Gasteiger partial charge >= 0.3 is 0 Å². The Kier molecular flexibility index (Phi) is 17.7. The van der Waals surface area contributed by atoms with Crippen molar-refractivity contribution in [3.63, 3.8) is 0 Å². The zero-order chi connectivity index (χ0) is 32.9. The fourth-order valence-corrected chi connectivity index (χ4v) is 4.26. The van der Waals surface area contributed by atoms with Gasteiger partial charge < -0.3 is 37.9 Å². The minimum Gasteiger partial charge on any atom is -0.487 e. The van der Waals surface area contributed by atoms with Crippen LogP contribution in [0, 0.1) is 13.8 Å². The highest BCUT2D eigenvalue weighted by Gasteiger charge is 2.17. The van der Waals surface area contributed by atoms with Crippen LogP contribution in [-0.2, 0) is 47.0 Å². The second-order valence-corrected chi connectivity index (χ2v) is 12.1. The van der Waals surface area contributed by atoms with Crippen LogP contribution in [0.5, 0.6) is 11.5 Å². The van der Waals surface area contributed by atoms with Crippen LogP contribution in [0.4, 0.5) is 0 Å². The molecule has 254 valence electrons. The molecule has 0 unspecified atom stereocenters. The van der Waals surface area contributed by atoms with E-state index in [-0.39, 0.29) is 5.41 Å². The molecule has 0 heterocycles. The molecule has 0 aliphatic heterocycles. The average molecular weight is 639 g/mol. The molecule has 0 aromatic heterocycles. The maximum Gasteiger partial charge on any atom is 0.161 e. The van der Waals surface area contributed by atoms with Gasteiger partial charge in [0.2, 0.25) is 0 Å². The summed E-state index contributed by atoms with van der Waals surface area (Å²) >= 11 is 0. The van der Waals surface area contributed by atoms with Gasteiger partial charge in [-0.25, -0.2) is 0 Å². The Morgan fingerprint density at radius 1 is 0.413 bits per heavy atom. The first-order valence-electron chi connectivity index (χ1n) is 16.3.